The van der Waals surface area contributed by atoms with Crippen molar-refractivity contribution in [2.45, 2.75) is 6.92 Å². The van der Waals surface area contributed by atoms with Crippen molar-refractivity contribution in [1.82, 2.24) is 24.8 Å². The number of morpholine rings is 1. The molecule has 2 fully saturated rings. The van der Waals surface area contributed by atoms with Crippen molar-refractivity contribution >= 4 is 28.6 Å². The number of piperazine rings is 1. The van der Waals surface area contributed by atoms with Crippen molar-refractivity contribution in [2.75, 3.05) is 62.3 Å². The summed E-state index contributed by atoms with van der Waals surface area (Å²) in [7, 11) is 0. The molecule has 0 unspecified atom stereocenters. The van der Waals surface area contributed by atoms with E-state index in [0.717, 1.165) is 67.9 Å². The van der Waals surface area contributed by atoms with Gasteiger partial charge in [0, 0.05) is 63.3 Å². The third-order valence-electron chi connectivity index (χ3n) is 5.75. The molecule has 0 radical (unpaired) electrons. The van der Waals surface area contributed by atoms with Crippen LogP contribution in [0, 0.1) is 6.92 Å². The summed E-state index contributed by atoms with van der Waals surface area (Å²) in [5.74, 6) is 2.65. The van der Waals surface area contributed by atoms with Crippen LogP contribution in [0.2, 0.25) is 0 Å². The minimum Gasteiger partial charge on any atom is -0.378 e. The minimum absolute atomic E-state index is 0.0278. The van der Waals surface area contributed by atoms with E-state index >= 15 is 0 Å². The fraction of sp³-hybridized carbons (Fsp3) is 0.409. The van der Waals surface area contributed by atoms with Crippen LogP contribution in [-0.4, -0.2) is 83.2 Å². The number of hydrogen-bond donors (Lipinski definition) is 0. The number of nitrogens with zero attached hydrogens (tertiary/aromatic N) is 7. The molecule has 0 spiro atoms. The lowest BCUT2D eigenvalue weighted by molar-refractivity contribution is 0.0746. The van der Waals surface area contributed by atoms with Gasteiger partial charge in [-0.15, -0.1) is 0 Å². The number of carbonyl (C=O) groups excluding carboxylic acids is 1. The Kier molecular flexibility index (Phi) is 5.33. The summed E-state index contributed by atoms with van der Waals surface area (Å²) in [5.41, 5.74) is 2.17. The Hall–Kier alpha value is -3.33. The van der Waals surface area contributed by atoms with E-state index in [2.05, 4.69) is 35.8 Å². The van der Waals surface area contributed by atoms with E-state index < -0.39 is 0 Å². The van der Waals surface area contributed by atoms with Crippen molar-refractivity contribution in [3.05, 3.63) is 48.0 Å². The molecule has 2 aromatic heterocycles. The van der Waals surface area contributed by atoms with Gasteiger partial charge in [-0.05, 0) is 25.1 Å². The summed E-state index contributed by atoms with van der Waals surface area (Å²) in [6.45, 7) is 7.81. The zero-order valence-electron chi connectivity index (χ0n) is 17.6. The smallest absolute Gasteiger partial charge is 0.254 e. The average molecular weight is 419 g/mol. The summed E-state index contributed by atoms with van der Waals surface area (Å²) >= 11 is 0. The highest BCUT2D eigenvalue weighted by Crippen LogP contribution is 2.22. The maximum absolute atomic E-state index is 13.0. The number of aryl methyl sites for hydroxylation is 1. The number of amides is 1. The largest absolute Gasteiger partial charge is 0.378 e. The topological polar surface area (TPSA) is 87.6 Å². The van der Waals surface area contributed by atoms with Crippen molar-refractivity contribution < 1.29 is 9.53 Å². The van der Waals surface area contributed by atoms with Gasteiger partial charge in [0.15, 0.2) is 0 Å². The molecule has 0 bridgehead atoms. The highest BCUT2D eigenvalue weighted by molar-refractivity contribution is 5.97. The Labute approximate surface area is 180 Å². The number of carbonyl (C=O) groups is 1. The van der Waals surface area contributed by atoms with Gasteiger partial charge < -0.3 is 19.4 Å². The number of aromatic nitrogens is 4. The molecule has 0 atom stereocenters. The van der Waals surface area contributed by atoms with Crippen LogP contribution >= 0.6 is 0 Å². The fourth-order valence-electron chi connectivity index (χ4n) is 4.07. The van der Waals surface area contributed by atoms with Gasteiger partial charge in [0.05, 0.1) is 24.2 Å². The van der Waals surface area contributed by atoms with Crippen LogP contribution in [0.5, 0.6) is 0 Å². The maximum Gasteiger partial charge on any atom is 0.254 e. The number of ether oxygens (including phenoxy) is 1. The number of hydrogen-bond acceptors (Lipinski definition) is 8. The number of rotatable bonds is 3. The third kappa shape index (κ3) is 4.13. The van der Waals surface area contributed by atoms with Gasteiger partial charge in [-0.3, -0.25) is 14.8 Å². The van der Waals surface area contributed by atoms with Gasteiger partial charge >= 0.3 is 0 Å². The molecule has 4 heterocycles. The molecule has 0 saturated carbocycles. The van der Waals surface area contributed by atoms with Crippen molar-refractivity contribution in [1.29, 1.82) is 0 Å². The minimum atomic E-state index is 0.0278. The molecule has 0 aliphatic carbocycles. The standard InChI is InChI=1S/C22H25N7O2/c1-16-25-20(15-21(26-16)28-10-12-31-13-11-28)27-6-8-29(9-7-27)22(30)17-2-3-18-19(14-17)24-5-4-23-18/h2-5,14-15H,6-13H2,1H3. The van der Waals surface area contributed by atoms with E-state index in [9.17, 15) is 4.79 Å². The predicted octanol–water partition coefficient (Wildman–Crippen LogP) is 1.53. The monoisotopic (exact) mass is 419 g/mol. The highest BCUT2D eigenvalue weighted by Gasteiger charge is 2.24. The van der Waals surface area contributed by atoms with Crippen LogP contribution in [-0.2, 0) is 4.74 Å². The van der Waals surface area contributed by atoms with E-state index in [4.69, 9.17) is 4.74 Å². The molecular weight excluding hydrogens is 394 g/mol. The van der Waals surface area contributed by atoms with Gasteiger partial charge in [0.25, 0.3) is 5.91 Å². The predicted molar refractivity (Wildman–Crippen MR) is 117 cm³/mol. The summed E-state index contributed by atoms with van der Waals surface area (Å²) in [6.07, 6.45) is 3.30. The molecule has 0 N–H and O–H groups in total. The molecule has 2 aliphatic heterocycles. The molecule has 31 heavy (non-hydrogen) atoms. The van der Waals surface area contributed by atoms with E-state index in [1.165, 1.54) is 0 Å². The Morgan fingerprint density at radius 1 is 0.839 bits per heavy atom. The van der Waals surface area contributed by atoms with Crippen LogP contribution in [0.3, 0.4) is 0 Å². The SMILES string of the molecule is Cc1nc(N2CCOCC2)cc(N2CCN(C(=O)c3ccc4nccnc4c3)CC2)n1. The third-order valence-corrected chi connectivity index (χ3v) is 5.75. The first-order valence-electron chi connectivity index (χ1n) is 10.6. The zero-order valence-corrected chi connectivity index (χ0v) is 17.6. The second-order valence-corrected chi connectivity index (χ2v) is 7.77. The van der Waals surface area contributed by atoms with E-state index in [1.54, 1.807) is 12.4 Å². The molecule has 1 aromatic carbocycles. The van der Waals surface area contributed by atoms with Gasteiger partial charge in [-0.2, -0.15) is 0 Å². The van der Waals surface area contributed by atoms with E-state index in [-0.39, 0.29) is 5.91 Å². The first kappa shape index (κ1) is 19.6. The maximum atomic E-state index is 13.0. The van der Waals surface area contributed by atoms with Crippen molar-refractivity contribution in [2.24, 2.45) is 0 Å². The van der Waals surface area contributed by atoms with Crippen molar-refractivity contribution in [3.63, 3.8) is 0 Å². The normalized spacial score (nSPS) is 17.3. The number of benzene rings is 1. The molecule has 2 saturated heterocycles. The summed E-state index contributed by atoms with van der Waals surface area (Å²) in [6, 6.07) is 7.55. The zero-order chi connectivity index (χ0) is 21.2. The Morgan fingerprint density at radius 3 is 2.19 bits per heavy atom. The molecule has 9 heteroatoms. The van der Waals surface area contributed by atoms with Crippen LogP contribution in [0.15, 0.2) is 36.7 Å². The van der Waals surface area contributed by atoms with Crippen LogP contribution in [0.25, 0.3) is 11.0 Å². The molecule has 1 amide bonds. The van der Waals surface area contributed by atoms with Gasteiger partial charge in [0.2, 0.25) is 0 Å². The lowest BCUT2D eigenvalue weighted by atomic mass is 10.1. The molecule has 9 nitrogen and oxygen atoms in total. The quantitative estimate of drug-likeness (QED) is 0.632. The lowest BCUT2D eigenvalue weighted by Crippen LogP contribution is -2.49. The summed E-state index contributed by atoms with van der Waals surface area (Å²) in [5, 5.41) is 0. The first-order valence-corrected chi connectivity index (χ1v) is 10.6. The molecule has 2 aliphatic rings. The molecule has 160 valence electrons. The molecule has 5 rings (SSSR count). The number of fused-ring (bicyclic) bond motifs is 1. The Balaban J connectivity index is 1.27. The highest BCUT2D eigenvalue weighted by atomic mass is 16.5. The second-order valence-electron chi connectivity index (χ2n) is 7.77. The number of anilines is 2. The van der Waals surface area contributed by atoms with Crippen molar-refractivity contribution in [3.8, 4) is 0 Å². The van der Waals surface area contributed by atoms with E-state index in [0.29, 0.717) is 18.7 Å². The second kappa shape index (κ2) is 8.43. The molecular formula is C22H25N7O2. The molecule has 3 aromatic rings. The Bertz CT molecular complexity index is 1090. The Morgan fingerprint density at radius 2 is 1.48 bits per heavy atom. The average Bonchev–Trinajstić information content (AvgIpc) is 2.83. The summed E-state index contributed by atoms with van der Waals surface area (Å²) in [4.78, 5) is 37.2. The van der Waals surface area contributed by atoms with Gasteiger partial charge in [-0.25, -0.2) is 9.97 Å². The summed E-state index contributed by atoms with van der Waals surface area (Å²) < 4.78 is 5.45. The first-order chi connectivity index (χ1) is 15.2. The van der Waals surface area contributed by atoms with Gasteiger partial charge in [-0.1, -0.05) is 0 Å². The van der Waals surface area contributed by atoms with Crippen LogP contribution in [0.4, 0.5) is 11.6 Å². The van der Waals surface area contributed by atoms with E-state index in [1.807, 2.05) is 30.0 Å². The van der Waals surface area contributed by atoms with Crippen LogP contribution in [0.1, 0.15) is 16.2 Å². The fourth-order valence-corrected chi connectivity index (χ4v) is 4.07. The van der Waals surface area contributed by atoms with Crippen LogP contribution < -0.4 is 9.80 Å². The van der Waals surface area contributed by atoms with Gasteiger partial charge in [0.1, 0.15) is 17.5 Å². The lowest BCUT2D eigenvalue weighted by Gasteiger charge is -2.36.